The van der Waals surface area contributed by atoms with Crippen LogP contribution in [0.25, 0.3) is 0 Å². The fraction of sp³-hybridized carbons (Fsp3) is 0.571. The third kappa shape index (κ3) is 6.47. The van der Waals surface area contributed by atoms with Crippen LogP contribution in [0.4, 0.5) is 0 Å². The highest BCUT2D eigenvalue weighted by Crippen LogP contribution is 2.24. The van der Waals surface area contributed by atoms with Gasteiger partial charge >= 0.3 is 0 Å². The van der Waals surface area contributed by atoms with Crippen LogP contribution in [0.2, 0.25) is 0 Å². The highest BCUT2D eigenvalue weighted by Gasteiger charge is 2.14. The van der Waals surface area contributed by atoms with Crippen molar-refractivity contribution in [1.29, 1.82) is 0 Å². The van der Waals surface area contributed by atoms with Crippen molar-refractivity contribution in [3.05, 3.63) is 23.8 Å². The molecule has 4 N–H and O–H groups in total. The van der Waals surface area contributed by atoms with Crippen LogP contribution in [0.15, 0.2) is 18.2 Å². The predicted octanol–water partition coefficient (Wildman–Crippen LogP) is 2.55. The quantitative estimate of drug-likeness (QED) is 0.670. The number of hydrogen-bond donors (Lipinski definition) is 4. The molecular weight excluding hydrogens is 230 g/mol. The van der Waals surface area contributed by atoms with Crippen LogP contribution in [-0.4, -0.2) is 27.4 Å². The number of rotatable bonds is 3. The fourth-order valence-corrected chi connectivity index (χ4v) is 1.33. The monoisotopic (exact) mass is 255 g/mol. The van der Waals surface area contributed by atoms with Gasteiger partial charge in [0.1, 0.15) is 11.5 Å². The number of benzene rings is 1. The lowest BCUT2D eigenvalue weighted by molar-refractivity contribution is 0.162. The van der Waals surface area contributed by atoms with Crippen LogP contribution < -0.4 is 5.32 Å². The Kier molecular flexibility index (Phi) is 6.73. The second-order valence-electron chi connectivity index (χ2n) is 4.93. The lowest BCUT2D eigenvalue weighted by atomic mass is 10.1. The maximum atomic E-state index is 9.85. The molecule has 0 aromatic heterocycles. The van der Waals surface area contributed by atoms with Crippen LogP contribution in [0.5, 0.6) is 11.5 Å². The summed E-state index contributed by atoms with van der Waals surface area (Å²) < 4.78 is 0. The molecule has 1 aromatic carbocycles. The molecule has 0 aliphatic rings. The molecule has 1 atom stereocenters. The van der Waals surface area contributed by atoms with Gasteiger partial charge in [-0.25, -0.2) is 0 Å². The van der Waals surface area contributed by atoms with Gasteiger partial charge in [0, 0.05) is 18.2 Å². The Bertz CT molecular complexity index is 338. The topological polar surface area (TPSA) is 72.7 Å². The first-order valence-electron chi connectivity index (χ1n) is 6.24. The van der Waals surface area contributed by atoms with Crippen molar-refractivity contribution in [2.45, 2.75) is 46.3 Å². The minimum Gasteiger partial charge on any atom is -0.508 e. The average molecular weight is 255 g/mol. The first-order chi connectivity index (χ1) is 8.28. The lowest BCUT2D eigenvalue weighted by Gasteiger charge is -2.23. The van der Waals surface area contributed by atoms with E-state index in [0.29, 0.717) is 12.1 Å². The van der Waals surface area contributed by atoms with Gasteiger partial charge in [0.15, 0.2) is 0 Å². The Hall–Kier alpha value is -1.26. The zero-order valence-corrected chi connectivity index (χ0v) is 11.9. The average Bonchev–Trinajstić information content (AvgIpc) is 2.26. The summed E-state index contributed by atoms with van der Waals surface area (Å²) in [6.45, 7) is 10.4. The Morgan fingerprint density at radius 2 is 1.50 bits per heavy atom. The second kappa shape index (κ2) is 7.24. The van der Waals surface area contributed by atoms with E-state index in [4.69, 9.17) is 0 Å². The van der Waals surface area contributed by atoms with E-state index >= 15 is 0 Å². The van der Waals surface area contributed by atoms with Gasteiger partial charge in [-0.05, 0) is 38.5 Å². The number of phenols is 2. The number of nitrogens with one attached hydrogen (secondary N) is 1. The zero-order chi connectivity index (χ0) is 14.3. The van der Waals surface area contributed by atoms with Gasteiger partial charge in [-0.15, -0.1) is 0 Å². The molecule has 4 nitrogen and oxygen atoms in total. The van der Waals surface area contributed by atoms with Crippen molar-refractivity contribution in [2.24, 2.45) is 0 Å². The number of β-amino-alcohol motifs (C(OH)–C–C–N with tert-alkyl or cyclic N) is 1. The third-order valence-corrected chi connectivity index (χ3v) is 2.14. The van der Waals surface area contributed by atoms with Crippen LogP contribution in [0, 0.1) is 0 Å². The third-order valence-electron chi connectivity index (χ3n) is 2.14. The first-order valence-corrected chi connectivity index (χ1v) is 6.24. The van der Waals surface area contributed by atoms with Gasteiger partial charge in [-0.1, -0.05) is 13.8 Å². The largest absolute Gasteiger partial charge is 0.508 e. The summed E-state index contributed by atoms with van der Waals surface area (Å²) in [6.07, 6.45) is -0.753. The van der Waals surface area contributed by atoms with E-state index < -0.39 is 6.10 Å². The minimum atomic E-state index is -0.753. The highest BCUT2D eigenvalue weighted by atomic mass is 16.3. The van der Waals surface area contributed by atoms with Crippen LogP contribution in [0.3, 0.4) is 0 Å². The number of aliphatic hydroxyl groups is 1. The smallest absolute Gasteiger partial charge is 0.119 e. The maximum Gasteiger partial charge on any atom is 0.119 e. The summed E-state index contributed by atoms with van der Waals surface area (Å²) in [6, 6.07) is 4.11. The molecule has 4 heteroatoms. The molecule has 18 heavy (non-hydrogen) atoms. The molecule has 0 saturated heterocycles. The highest BCUT2D eigenvalue weighted by molar-refractivity contribution is 5.37. The first kappa shape index (κ1) is 16.7. The zero-order valence-electron chi connectivity index (χ0n) is 11.9. The Balaban J connectivity index is 0.00000137. The molecule has 0 heterocycles. The van der Waals surface area contributed by atoms with Gasteiger partial charge in [0.2, 0.25) is 0 Å². The molecule has 0 aliphatic heterocycles. The second-order valence-corrected chi connectivity index (χ2v) is 4.93. The molecule has 0 bridgehead atoms. The predicted molar refractivity (Wildman–Crippen MR) is 73.8 cm³/mol. The lowest BCUT2D eigenvalue weighted by Crippen LogP contribution is -2.38. The molecule has 1 unspecified atom stereocenters. The maximum absolute atomic E-state index is 9.85. The van der Waals surface area contributed by atoms with E-state index in [0.717, 1.165) is 0 Å². The van der Waals surface area contributed by atoms with Crippen molar-refractivity contribution >= 4 is 0 Å². The van der Waals surface area contributed by atoms with E-state index in [-0.39, 0.29) is 17.0 Å². The molecule has 0 amide bonds. The molecular formula is C14H25NO3. The number of hydrogen-bond acceptors (Lipinski definition) is 4. The van der Waals surface area contributed by atoms with Gasteiger partial charge in [0.05, 0.1) is 6.10 Å². The van der Waals surface area contributed by atoms with Crippen molar-refractivity contribution in [2.75, 3.05) is 6.54 Å². The van der Waals surface area contributed by atoms with Gasteiger partial charge in [-0.3, -0.25) is 0 Å². The van der Waals surface area contributed by atoms with Crippen LogP contribution in [-0.2, 0) is 0 Å². The van der Waals surface area contributed by atoms with Crippen LogP contribution in [0.1, 0.15) is 46.3 Å². The van der Waals surface area contributed by atoms with E-state index in [1.165, 1.54) is 18.2 Å². The number of aliphatic hydroxyl groups excluding tert-OH is 1. The Morgan fingerprint density at radius 3 is 1.89 bits per heavy atom. The van der Waals surface area contributed by atoms with E-state index in [2.05, 4.69) is 5.32 Å². The summed E-state index contributed by atoms with van der Waals surface area (Å²) in [7, 11) is 0. The molecule has 1 aromatic rings. The summed E-state index contributed by atoms with van der Waals surface area (Å²) in [5.41, 5.74) is 0.411. The van der Waals surface area contributed by atoms with Gasteiger partial charge < -0.3 is 20.6 Å². The Morgan fingerprint density at radius 1 is 1.06 bits per heavy atom. The molecule has 104 valence electrons. The molecule has 0 spiro atoms. The number of aromatic hydroxyl groups is 2. The molecule has 0 fully saturated rings. The number of phenolic OH excluding ortho intramolecular Hbond substituents is 2. The SMILES string of the molecule is CC.CC(C)(C)NCC(O)c1cc(O)cc(O)c1. The van der Waals surface area contributed by atoms with Crippen molar-refractivity contribution in [3.8, 4) is 11.5 Å². The summed E-state index contributed by atoms with van der Waals surface area (Å²) in [5, 5.41) is 31.6. The van der Waals surface area contributed by atoms with E-state index in [9.17, 15) is 15.3 Å². The summed E-state index contributed by atoms with van der Waals surface area (Å²) in [5.74, 6) is -0.102. The molecule has 0 aliphatic carbocycles. The van der Waals surface area contributed by atoms with Crippen molar-refractivity contribution in [1.82, 2.24) is 5.32 Å². The van der Waals surface area contributed by atoms with Crippen LogP contribution >= 0.6 is 0 Å². The van der Waals surface area contributed by atoms with E-state index in [1.54, 1.807) is 0 Å². The molecule has 1 rings (SSSR count). The van der Waals surface area contributed by atoms with Crippen molar-refractivity contribution in [3.63, 3.8) is 0 Å². The summed E-state index contributed by atoms with van der Waals surface area (Å²) in [4.78, 5) is 0. The molecule has 0 radical (unpaired) electrons. The fourth-order valence-electron chi connectivity index (χ4n) is 1.33. The minimum absolute atomic E-state index is 0.0511. The normalized spacial score (nSPS) is 12.6. The van der Waals surface area contributed by atoms with Crippen molar-refractivity contribution < 1.29 is 15.3 Å². The van der Waals surface area contributed by atoms with Gasteiger partial charge in [-0.2, -0.15) is 0 Å². The standard InChI is InChI=1S/C12H19NO3.C2H6/c1-12(2,3)13-7-11(16)8-4-9(14)6-10(15)5-8;1-2/h4-6,11,13-16H,7H2,1-3H3;1-2H3. The molecule has 0 saturated carbocycles. The van der Waals surface area contributed by atoms with E-state index in [1.807, 2.05) is 34.6 Å². The van der Waals surface area contributed by atoms with Gasteiger partial charge in [0.25, 0.3) is 0 Å². The summed E-state index contributed by atoms with van der Waals surface area (Å²) >= 11 is 0. The Labute approximate surface area is 109 Å².